The second kappa shape index (κ2) is 5.99. The van der Waals surface area contributed by atoms with Crippen LogP contribution in [0, 0.1) is 17.8 Å². The Bertz CT molecular complexity index is 228. The summed E-state index contributed by atoms with van der Waals surface area (Å²) in [6, 6.07) is 0. The quantitative estimate of drug-likeness (QED) is 0.376. The lowest BCUT2D eigenvalue weighted by Gasteiger charge is -2.16. The van der Waals surface area contributed by atoms with Crippen molar-refractivity contribution in [3.8, 4) is 12.3 Å². The number of rotatable bonds is 6. The van der Waals surface area contributed by atoms with E-state index >= 15 is 0 Å². The van der Waals surface area contributed by atoms with E-state index in [-0.39, 0.29) is 13.2 Å². The zero-order valence-electron chi connectivity index (χ0n) is 8.00. The molecule has 0 fully saturated rings. The van der Waals surface area contributed by atoms with Crippen molar-refractivity contribution >= 4 is 8.25 Å². The van der Waals surface area contributed by atoms with Crippen LogP contribution in [-0.4, -0.2) is 13.2 Å². The summed E-state index contributed by atoms with van der Waals surface area (Å²) < 4.78 is 20.7. The highest BCUT2D eigenvalue weighted by Crippen LogP contribution is 2.27. The molecule has 0 aliphatic carbocycles. The van der Waals surface area contributed by atoms with Gasteiger partial charge in [-0.15, -0.1) is 13.0 Å². The zero-order chi connectivity index (χ0) is 10.3. The van der Waals surface area contributed by atoms with Crippen molar-refractivity contribution in [2.24, 2.45) is 5.41 Å². The number of hydrogen-bond acceptors (Lipinski definition) is 3. The third kappa shape index (κ3) is 6.60. The molecule has 0 spiro atoms. The van der Waals surface area contributed by atoms with Crippen LogP contribution in [-0.2, 0) is 13.6 Å². The Morgan fingerprint density at radius 2 is 2.23 bits per heavy atom. The minimum absolute atomic E-state index is 0.230. The van der Waals surface area contributed by atoms with Gasteiger partial charge in [-0.25, -0.2) is 0 Å². The standard InChI is InChI=1S/C9H15O3P/c1-5-7-11-13(10)12-8-9(3,4)6-2/h2,5,13H,1,7-8H2,3-4H3. The molecule has 1 unspecified atom stereocenters. The summed E-state index contributed by atoms with van der Waals surface area (Å²) in [7, 11) is -2.41. The highest BCUT2D eigenvalue weighted by Gasteiger charge is 2.15. The monoisotopic (exact) mass is 202 g/mol. The van der Waals surface area contributed by atoms with Crippen molar-refractivity contribution in [3.05, 3.63) is 12.7 Å². The molecule has 0 aromatic rings. The van der Waals surface area contributed by atoms with E-state index in [0.717, 1.165) is 0 Å². The first-order valence-electron chi connectivity index (χ1n) is 3.90. The van der Waals surface area contributed by atoms with Gasteiger partial charge in [-0.3, -0.25) is 4.57 Å². The average Bonchev–Trinajstić information content (AvgIpc) is 2.11. The van der Waals surface area contributed by atoms with Crippen LogP contribution in [0.4, 0.5) is 0 Å². The molecule has 0 bridgehead atoms. The molecule has 4 heteroatoms. The maximum atomic E-state index is 11.0. The van der Waals surface area contributed by atoms with Crippen molar-refractivity contribution in [2.45, 2.75) is 13.8 Å². The van der Waals surface area contributed by atoms with E-state index in [1.807, 2.05) is 13.8 Å². The van der Waals surface area contributed by atoms with E-state index in [4.69, 9.17) is 15.5 Å². The Morgan fingerprint density at radius 3 is 2.69 bits per heavy atom. The minimum atomic E-state index is -2.41. The molecule has 0 aromatic carbocycles. The van der Waals surface area contributed by atoms with Crippen LogP contribution in [0.5, 0.6) is 0 Å². The first kappa shape index (κ1) is 12.4. The van der Waals surface area contributed by atoms with Crippen LogP contribution >= 0.6 is 8.25 Å². The lowest BCUT2D eigenvalue weighted by Crippen LogP contribution is -2.14. The van der Waals surface area contributed by atoms with Crippen molar-refractivity contribution in [2.75, 3.05) is 13.2 Å². The normalized spacial score (nSPS) is 13.3. The molecule has 1 atom stereocenters. The fourth-order valence-corrected chi connectivity index (χ4v) is 1.27. The predicted octanol–water partition coefficient (Wildman–Crippen LogP) is 2.25. The lowest BCUT2D eigenvalue weighted by molar-refractivity contribution is 0.193. The minimum Gasteiger partial charge on any atom is -0.309 e. The fourth-order valence-electron chi connectivity index (χ4n) is 0.450. The van der Waals surface area contributed by atoms with E-state index < -0.39 is 13.7 Å². The van der Waals surface area contributed by atoms with E-state index in [0.29, 0.717) is 0 Å². The number of terminal acetylenes is 1. The van der Waals surface area contributed by atoms with E-state index in [9.17, 15) is 4.57 Å². The molecule has 74 valence electrons. The van der Waals surface area contributed by atoms with E-state index in [2.05, 4.69) is 12.5 Å². The van der Waals surface area contributed by atoms with Gasteiger partial charge < -0.3 is 9.05 Å². The Balaban J connectivity index is 3.71. The summed E-state index contributed by atoms with van der Waals surface area (Å²) >= 11 is 0. The topological polar surface area (TPSA) is 35.5 Å². The van der Waals surface area contributed by atoms with Gasteiger partial charge in [-0.2, -0.15) is 0 Å². The highest BCUT2D eigenvalue weighted by atomic mass is 31.1. The largest absolute Gasteiger partial charge is 0.319 e. The van der Waals surface area contributed by atoms with Crippen molar-refractivity contribution in [3.63, 3.8) is 0 Å². The SMILES string of the molecule is C#CC(C)(C)CO[PH](=O)OCC=C. The van der Waals surface area contributed by atoms with Gasteiger partial charge in [0.1, 0.15) is 0 Å². The zero-order valence-corrected chi connectivity index (χ0v) is 9.00. The smallest absolute Gasteiger partial charge is 0.309 e. The van der Waals surface area contributed by atoms with Gasteiger partial charge in [0.2, 0.25) is 0 Å². The Kier molecular flexibility index (Phi) is 5.73. The molecule has 0 radical (unpaired) electrons. The molecule has 0 aliphatic heterocycles. The maximum Gasteiger partial charge on any atom is 0.319 e. The van der Waals surface area contributed by atoms with Crippen molar-refractivity contribution in [1.29, 1.82) is 0 Å². The Morgan fingerprint density at radius 1 is 1.62 bits per heavy atom. The van der Waals surface area contributed by atoms with Crippen molar-refractivity contribution < 1.29 is 13.6 Å². The summed E-state index contributed by atoms with van der Waals surface area (Å²) in [5.41, 5.74) is -0.405. The molecule has 0 saturated carbocycles. The van der Waals surface area contributed by atoms with Gasteiger partial charge in [0.05, 0.1) is 13.2 Å². The molecule has 0 aliphatic rings. The van der Waals surface area contributed by atoms with Gasteiger partial charge >= 0.3 is 8.25 Å². The first-order chi connectivity index (χ1) is 6.02. The van der Waals surface area contributed by atoms with Crippen LogP contribution in [0.25, 0.3) is 0 Å². The van der Waals surface area contributed by atoms with Crippen LogP contribution in [0.3, 0.4) is 0 Å². The van der Waals surface area contributed by atoms with Crippen LogP contribution < -0.4 is 0 Å². The predicted molar refractivity (Wildman–Crippen MR) is 53.7 cm³/mol. The molecular formula is C9H15O3P. The maximum absolute atomic E-state index is 11.0. The van der Waals surface area contributed by atoms with Crippen LogP contribution in [0.2, 0.25) is 0 Å². The number of hydrogen-bond donors (Lipinski definition) is 0. The molecule has 0 amide bonds. The van der Waals surface area contributed by atoms with E-state index in [1.165, 1.54) is 6.08 Å². The molecule has 0 saturated heterocycles. The molecule has 13 heavy (non-hydrogen) atoms. The van der Waals surface area contributed by atoms with Gasteiger partial charge in [0, 0.05) is 5.41 Å². The third-order valence-corrected chi connectivity index (χ3v) is 2.04. The summed E-state index contributed by atoms with van der Waals surface area (Å²) in [5, 5.41) is 0. The summed E-state index contributed by atoms with van der Waals surface area (Å²) in [5.74, 6) is 2.53. The fraction of sp³-hybridized carbons (Fsp3) is 0.556. The molecular weight excluding hydrogens is 187 g/mol. The first-order valence-corrected chi connectivity index (χ1v) is 5.12. The average molecular weight is 202 g/mol. The van der Waals surface area contributed by atoms with Crippen LogP contribution in [0.15, 0.2) is 12.7 Å². The van der Waals surface area contributed by atoms with Crippen molar-refractivity contribution in [1.82, 2.24) is 0 Å². The molecule has 3 nitrogen and oxygen atoms in total. The summed E-state index contributed by atoms with van der Waals surface area (Å²) in [6.07, 6.45) is 6.73. The molecule has 0 aromatic heterocycles. The van der Waals surface area contributed by atoms with Gasteiger partial charge in [-0.05, 0) is 13.8 Å². The third-order valence-electron chi connectivity index (χ3n) is 1.26. The molecule has 0 N–H and O–H groups in total. The molecule has 0 heterocycles. The van der Waals surface area contributed by atoms with Gasteiger partial charge in [-0.1, -0.05) is 12.0 Å². The lowest BCUT2D eigenvalue weighted by atomic mass is 9.97. The second-order valence-corrected chi connectivity index (χ2v) is 4.24. The van der Waals surface area contributed by atoms with Crippen LogP contribution in [0.1, 0.15) is 13.8 Å². The Hall–Kier alpha value is -0.550. The molecule has 0 rings (SSSR count). The van der Waals surface area contributed by atoms with E-state index in [1.54, 1.807) is 0 Å². The second-order valence-electron chi connectivity index (χ2n) is 3.17. The van der Waals surface area contributed by atoms with Gasteiger partial charge in [0.25, 0.3) is 0 Å². The van der Waals surface area contributed by atoms with Gasteiger partial charge in [0.15, 0.2) is 0 Å². The summed E-state index contributed by atoms with van der Waals surface area (Å²) in [6.45, 7) is 7.55. The highest BCUT2D eigenvalue weighted by molar-refractivity contribution is 7.33. The Labute approximate surface area is 80.1 Å². The summed E-state index contributed by atoms with van der Waals surface area (Å²) in [4.78, 5) is 0.